The molecule has 1 rings (SSSR count). The molecule has 0 N–H and O–H groups in total. The fraction of sp³-hybridized carbons (Fsp3) is 0.400. The Balaban J connectivity index is 0.000000336. The molecule has 0 heterocycles. The van der Waals surface area contributed by atoms with Crippen LogP contribution >= 0.6 is 0 Å². The zero-order chi connectivity index (χ0) is 11.9. The quantitative estimate of drug-likeness (QED) is 0.569. The highest BCUT2D eigenvalue weighted by molar-refractivity contribution is 7.74. The van der Waals surface area contributed by atoms with Crippen LogP contribution in [0.15, 0.2) is 30.3 Å². The summed E-state index contributed by atoms with van der Waals surface area (Å²) in [6.45, 7) is 0. The van der Waals surface area contributed by atoms with Crippen LogP contribution in [0.3, 0.4) is 0 Å². The fourth-order valence-electron chi connectivity index (χ4n) is 0.875. The summed E-state index contributed by atoms with van der Waals surface area (Å²) in [6, 6.07) is 10.5. The molecule has 1 aromatic carbocycles. The molecule has 0 aliphatic carbocycles. The lowest BCUT2D eigenvalue weighted by Gasteiger charge is -2.22. The Morgan fingerprint density at radius 1 is 1.20 bits per heavy atom. The van der Waals surface area contributed by atoms with Gasteiger partial charge in [-0.15, -0.1) is 0 Å². The molecular formula is C10H17NO3S. The number of nitrogens with zero attached hydrogens (tertiary/aromatic N) is 1. The van der Waals surface area contributed by atoms with Gasteiger partial charge in [0.2, 0.25) is 0 Å². The lowest BCUT2D eigenvalue weighted by molar-refractivity contribution is 0.368. The van der Waals surface area contributed by atoms with Gasteiger partial charge in [0.05, 0.1) is 39.6 Å². The first-order valence-corrected chi connectivity index (χ1v) is 5.38. The molecule has 0 spiro atoms. The van der Waals surface area contributed by atoms with Crippen LogP contribution in [-0.4, -0.2) is 37.0 Å². The Labute approximate surface area is 93.6 Å². The second kappa shape index (κ2) is 6.68. The summed E-state index contributed by atoms with van der Waals surface area (Å²) in [7, 11) is 7.57. The van der Waals surface area contributed by atoms with Gasteiger partial charge >= 0.3 is 0 Å². The summed E-state index contributed by atoms with van der Waals surface area (Å²) in [5.41, 5.74) is 1.34. The van der Waals surface area contributed by atoms with Crippen molar-refractivity contribution in [3.8, 4) is 0 Å². The number of benzene rings is 1. The maximum absolute atomic E-state index is 9.15. The molecule has 0 fully saturated rings. The predicted molar refractivity (Wildman–Crippen MR) is 61.9 cm³/mol. The summed E-state index contributed by atoms with van der Waals surface area (Å²) in [5, 5.41) is 0. The number of hydrogen-bond acceptors (Lipinski definition) is 3. The average molecular weight is 231 g/mol. The number of quaternary nitrogens is 1. The van der Waals surface area contributed by atoms with Crippen LogP contribution in [0.25, 0.3) is 0 Å². The Morgan fingerprint density at radius 2 is 1.60 bits per heavy atom. The molecule has 0 saturated carbocycles. The largest absolute Gasteiger partial charge is 0.750 e. The molecule has 86 valence electrons. The van der Waals surface area contributed by atoms with Crippen molar-refractivity contribution in [1.82, 2.24) is 4.48 Å². The van der Waals surface area contributed by atoms with Crippen molar-refractivity contribution >= 4 is 17.0 Å². The van der Waals surface area contributed by atoms with E-state index >= 15 is 0 Å². The van der Waals surface area contributed by atoms with E-state index in [4.69, 9.17) is 8.76 Å². The lowest BCUT2D eigenvalue weighted by Crippen LogP contribution is -2.34. The third kappa shape index (κ3) is 7.21. The Bertz CT molecular complexity index is 295. The van der Waals surface area contributed by atoms with Crippen molar-refractivity contribution in [2.45, 2.75) is 0 Å². The molecule has 0 bridgehead atoms. The van der Waals surface area contributed by atoms with Crippen molar-refractivity contribution in [3.63, 3.8) is 0 Å². The van der Waals surface area contributed by atoms with E-state index in [1.807, 2.05) is 6.07 Å². The van der Waals surface area contributed by atoms with E-state index in [-0.39, 0.29) is 0 Å². The Kier molecular flexibility index (Phi) is 6.35. The normalized spacial score (nSPS) is 12.6. The van der Waals surface area contributed by atoms with Gasteiger partial charge in [0.25, 0.3) is 0 Å². The van der Waals surface area contributed by atoms with Crippen LogP contribution in [0.1, 0.15) is 0 Å². The van der Waals surface area contributed by atoms with Crippen LogP contribution < -0.4 is 4.48 Å². The molecule has 5 heteroatoms. The highest BCUT2D eigenvalue weighted by Crippen LogP contribution is 2.14. The van der Waals surface area contributed by atoms with Gasteiger partial charge in [-0.1, -0.05) is 18.2 Å². The van der Waals surface area contributed by atoms with Gasteiger partial charge < -0.3 is 8.74 Å². The molecule has 15 heavy (non-hydrogen) atoms. The molecule has 4 nitrogen and oxygen atoms in total. The number of para-hydroxylation sites is 1. The van der Waals surface area contributed by atoms with Gasteiger partial charge in [-0.3, -0.25) is 4.48 Å². The van der Waals surface area contributed by atoms with Crippen molar-refractivity contribution in [2.75, 3.05) is 28.3 Å². The Hall–Kier alpha value is -0.750. The van der Waals surface area contributed by atoms with Crippen molar-refractivity contribution in [2.24, 2.45) is 0 Å². The van der Waals surface area contributed by atoms with Crippen LogP contribution in [0, 0.1) is 0 Å². The Morgan fingerprint density at radius 3 is 1.80 bits per heavy atom. The molecule has 0 aliphatic heterocycles. The smallest absolute Gasteiger partial charge is 0.132 e. The molecular weight excluding hydrogens is 214 g/mol. The molecule has 0 aromatic heterocycles. The minimum Gasteiger partial charge on any atom is -0.750 e. The first kappa shape index (κ1) is 14.2. The molecule has 0 aliphatic rings. The van der Waals surface area contributed by atoms with Gasteiger partial charge in [0, 0.05) is 0 Å². The summed E-state index contributed by atoms with van der Waals surface area (Å²) >= 11 is -2.32. The van der Waals surface area contributed by atoms with Crippen molar-refractivity contribution in [3.05, 3.63) is 30.3 Å². The standard InChI is InChI=1S/C9H14N.CH4O3S/c1-10(2,3)9-7-5-4-6-8-9;1-4-5(2)3/h4-8H,1-3H3;1H3,(H,2,3)/q+1;/p-1. The first-order chi connectivity index (χ1) is 6.88. The maximum atomic E-state index is 9.15. The van der Waals surface area contributed by atoms with E-state index < -0.39 is 11.4 Å². The monoisotopic (exact) mass is 231 g/mol. The summed E-state index contributed by atoms with van der Waals surface area (Å²) < 4.78 is 22.8. The van der Waals surface area contributed by atoms with Crippen LogP contribution in [-0.2, 0) is 15.5 Å². The van der Waals surface area contributed by atoms with E-state index in [2.05, 4.69) is 49.6 Å². The minimum atomic E-state index is -2.32. The van der Waals surface area contributed by atoms with E-state index in [1.54, 1.807) is 0 Å². The summed E-state index contributed by atoms with van der Waals surface area (Å²) in [5.74, 6) is 0. The van der Waals surface area contributed by atoms with Crippen molar-refractivity contribution < 1.29 is 12.9 Å². The van der Waals surface area contributed by atoms with Gasteiger partial charge in [-0.2, -0.15) is 0 Å². The molecule has 0 amide bonds. The topological polar surface area (TPSA) is 49.4 Å². The van der Waals surface area contributed by atoms with Crippen LogP contribution in [0.2, 0.25) is 0 Å². The SMILES string of the molecule is COS(=O)[O-].C[N+](C)(C)c1ccccc1. The summed E-state index contributed by atoms with van der Waals surface area (Å²) in [4.78, 5) is 0. The van der Waals surface area contributed by atoms with E-state index in [0.29, 0.717) is 0 Å². The van der Waals surface area contributed by atoms with E-state index in [1.165, 1.54) is 5.69 Å². The number of hydrogen-bond donors (Lipinski definition) is 0. The van der Waals surface area contributed by atoms with Crippen LogP contribution in [0.5, 0.6) is 0 Å². The first-order valence-electron chi connectivity index (χ1n) is 4.38. The van der Waals surface area contributed by atoms with Crippen molar-refractivity contribution in [1.29, 1.82) is 0 Å². The second-order valence-electron chi connectivity index (χ2n) is 3.72. The highest BCUT2D eigenvalue weighted by atomic mass is 32.2. The van der Waals surface area contributed by atoms with Gasteiger partial charge in [0.1, 0.15) is 5.69 Å². The second-order valence-corrected chi connectivity index (χ2v) is 4.46. The summed E-state index contributed by atoms with van der Waals surface area (Å²) in [6.07, 6.45) is 0. The zero-order valence-corrected chi connectivity index (χ0v) is 10.3. The van der Waals surface area contributed by atoms with Gasteiger partial charge in [0.15, 0.2) is 0 Å². The predicted octanol–water partition coefficient (Wildman–Crippen LogP) is 1.31. The molecule has 1 unspecified atom stereocenters. The van der Waals surface area contributed by atoms with E-state index in [9.17, 15) is 0 Å². The van der Waals surface area contributed by atoms with E-state index in [0.717, 1.165) is 11.6 Å². The number of rotatable bonds is 2. The molecule has 1 aromatic rings. The molecule has 0 saturated heterocycles. The molecule has 0 radical (unpaired) electrons. The highest BCUT2D eigenvalue weighted by Gasteiger charge is 2.08. The van der Waals surface area contributed by atoms with Gasteiger partial charge in [-0.25, -0.2) is 4.21 Å². The minimum absolute atomic E-state index is 0.890. The van der Waals surface area contributed by atoms with Crippen LogP contribution in [0.4, 0.5) is 5.69 Å². The lowest BCUT2D eigenvalue weighted by atomic mass is 10.3. The zero-order valence-electron chi connectivity index (χ0n) is 9.47. The fourth-order valence-corrected chi connectivity index (χ4v) is 0.875. The average Bonchev–Trinajstić information content (AvgIpc) is 2.19. The maximum Gasteiger partial charge on any atom is 0.132 e. The van der Waals surface area contributed by atoms with Gasteiger partial charge in [-0.05, 0) is 12.1 Å². The molecule has 1 atom stereocenters. The third-order valence-electron chi connectivity index (χ3n) is 1.67. The third-order valence-corrected chi connectivity index (χ3v) is 1.94.